The van der Waals surface area contributed by atoms with Crippen LogP contribution in [0.15, 0.2) is 18.2 Å². The van der Waals surface area contributed by atoms with Gasteiger partial charge in [0, 0.05) is 5.56 Å². The van der Waals surface area contributed by atoms with E-state index in [1.807, 2.05) is 32.0 Å². The Balaban J connectivity index is 2.97. The van der Waals surface area contributed by atoms with Crippen molar-refractivity contribution >= 4 is 0 Å². The molecule has 1 aromatic carbocycles. The van der Waals surface area contributed by atoms with Crippen molar-refractivity contribution in [3.8, 4) is 11.5 Å². The molecule has 0 radical (unpaired) electrons. The van der Waals surface area contributed by atoms with Crippen LogP contribution in [0, 0.1) is 6.92 Å². The van der Waals surface area contributed by atoms with Crippen LogP contribution >= 0.6 is 0 Å². The van der Waals surface area contributed by atoms with Crippen molar-refractivity contribution < 1.29 is 9.47 Å². The first-order valence-corrected chi connectivity index (χ1v) is 4.06. The molecule has 0 aromatic heterocycles. The van der Waals surface area contributed by atoms with Crippen LogP contribution in [0.2, 0.25) is 0 Å². The molecule has 1 aromatic rings. The van der Waals surface area contributed by atoms with Gasteiger partial charge in [-0.2, -0.15) is 0 Å². The normalized spacial score (nSPS) is 9.58. The van der Waals surface area contributed by atoms with Crippen LogP contribution in [0.3, 0.4) is 0 Å². The van der Waals surface area contributed by atoms with E-state index in [1.54, 1.807) is 7.11 Å². The average Bonchev–Trinajstić information content (AvgIpc) is 2.09. The minimum atomic E-state index is 0.688. The van der Waals surface area contributed by atoms with E-state index in [-0.39, 0.29) is 0 Å². The SMILES string of the molecule is CCOc1cccc(OC)c1C. The minimum absolute atomic E-state index is 0.688. The van der Waals surface area contributed by atoms with Crippen LogP contribution < -0.4 is 9.47 Å². The Kier molecular flexibility index (Phi) is 2.97. The summed E-state index contributed by atoms with van der Waals surface area (Å²) in [6.07, 6.45) is 0. The molecular weight excluding hydrogens is 152 g/mol. The molecule has 0 atom stereocenters. The number of methoxy groups -OCH3 is 1. The zero-order valence-corrected chi connectivity index (χ0v) is 7.76. The maximum Gasteiger partial charge on any atom is 0.125 e. The molecule has 0 N–H and O–H groups in total. The molecule has 0 spiro atoms. The number of benzene rings is 1. The van der Waals surface area contributed by atoms with E-state index in [4.69, 9.17) is 9.47 Å². The van der Waals surface area contributed by atoms with Crippen LogP contribution in [0.4, 0.5) is 0 Å². The Labute approximate surface area is 73.1 Å². The van der Waals surface area contributed by atoms with Gasteiger partial charge in [0.05, 0.1) is 13.7 Å². The van der Waals surface area contributed by atoms with Gasteiger partial charge in [0.25, 0.3) is 0 Å². The van der Waals surface area contributed by atoms with Crippen molar-refractivity contribution in [1.82, 2.24) is 0 Å². The lowest BCUT2D eigenvalue weighted by Crippen LogP contribution is -1.95. The quantitative estimate of drug-likeness (QED) is 0.686. The maximum absolute atomic E-state index is 5.40. The van der Waals surface area contributed by atoms with Crippen LogP contribution in [0.5, 0.6) is 11.5 Å². The molecule has 0 aliphatic heterocycles. The molecule has 0 saturated carbocycles. The maximum atomic E-state index is 5.40. The summed E-state index contributed by atoms with van der Waals surface area (Å²) in [4.78, 5) is 0. The van der Waals surface area contributed by atoms with Gasteiger partial charge in [0.15, 0.2) is 0 Å². The van der Waals surface area contributed by atoms with Gasteiger partial charge in [-0.15, -0.1) is 0 Å². The first kappa shape index (κ1) is 8.91. The predicted octanol–water partition coefficient (Wildman–Crippen LogP) is 2.40. The summed E-state index contributed by atoms with van der Waals surface area (Å²) in [7, 11) is 1.66. The fourth-order valence-corrected chi connectivity index (χ4v) is 1.13. The summed E-state index contributed by atoms with van der Waals surface area (Å²) in [5.74, 6) is 1.78. The van der Waals surface area contributed by atoms with Gasteiger partial charge in [0.2, 0.25) is 0 Å². The molecule has 0 fully saturated rings. The Morgan fingerprint density at radius 3 is 2.50 bits per heavy atom. The van der Waals surface area contributed by atoms with Crippen LogP contribution in [0.25, 0.3) is 0 Å². The van der Waals surface area contributed by atoms with Gasteiger partial charge < -0.3 is 9.47 Å². The third-order valence-electron chi connectivity index (χ3n) is 1.75. The second-order valence-electron chi connectivity index (χ2n) is 2.52. The van der Waals surface area contributed by atoms with Gasteiger partial charge in [0.1, 0.15) is 11.5 Å². The molecule has 2 heteroatoms. The van der Waals surface area contributed by atoms with E-state index in [1.165, 1.54) is 0 Å². The molecule has 0 unspecified atom stereocenters. The van der Waals surface area contributed by atoms with E-state index in [2.05, 4.69) is 0 Å². The first-order chi connectivity index (χ1) is 5.79. The molecular formula is C10H14O2. The van der Waals surface area contributed by atoms with Crippen molar-refractivity contribution in [1.29, 1.82) is 0 Å². The largest absolute Gasteiger partial charge is 0.496 e. The molecule has 0 aliphatic rings. The smallest absolute Gasteiger partial charge is 0.125 e. The van der Waals surface area contributed by atoms with Gasteiger partial charge in [-0.25, -0.2) is 0 Å². The standard InChI is InChI=1S/C10H14O2/c1-4-12-10-7-5-6-9(11-3)8(10)2/h5-7H,4H2,1-3H3. The third-order valence-corrected chi connectivity index (χ3v) is 1.75. The lowest BCUT2D eigenvalue weighted by molar-refractivity contribution is 0.333. The van der Waals surface area contributed by atoms with E-state index < -0.39 is 0 Å². The number of ether oxygens (including phenoxy) is 2. The summed E-state index contributed by atoms with van der Waals surface area (Å²) >= 11 is 0. The number of hydrogen-bond acceptors (Lipinski definition) is 2. The monoisotopic (exact) mass is 166 g/mol. The lowest BCUT2D eigenvalue weighted by Gasteiger charge is -2.09. The predicted molar refractivity (Wildman–Crippen MR) is 48.9 cm³/mol. The van der Waals surface area contributed by atoms with E-state index in [0.717, 1.165) is 17.1 Å². The molecule has 12 heavy (non-hydrogen) atoms. The lowest BCUT2D eigenvalue weighted by atomic mass is 10.2. The highest BCUT2D eigenvalue weighted by molar-refractivity contribution is 5.43. The summed E-state index contributed by atoms with van der Waals surface area (Å²) in [6, 6.07) is 5.80. The molecule has 0 saturated heterocycles. The number of hydrogen-bond donors (Lipinski definition) is 0. The van der Waals surface area contributed by atoms with Crippen molar-refractivity contribution in [2.75, 3.05) is 13.7 Å². The molecule has 0 bridgehead atoms. The fraction of sp³-hybridized carbons (Fsp3) is 0.400. The van der Waals surface area contributed by atoms with Crippen LogP contribution in [-0.4, -0.2) is 13.7 Å². The minimum Gasteiger partial charge on any atom is -0.496 e. The van der Waals surface area contributed by atoms with Crippen LogP contribution in [0.1, 0.15) is 12.5 Å². The second-order valence-corrected chi connectivity index (χ2v) is 2.52. The number of rotatable bonds is 3. The van der Waals surface area contributed by atoms with Gasteiger partial charge in [-0.1, -0.05) is 6.07 Å². The van der Waals surface area contributed by atoms with Gasteiger partial charge in [-0.05, 0) is 26.0 Å². The summed E-state index contributed by atoms with van der Waals surface area (Å²) in [5, 5.41) is 0. The Morgan fingerprint density at radius 2 is 1.92 bits per heavy atom. The molecule has 0 aliphatic carbocycles. The Bertz CT molecular complexity index is 256. The first-order valence-electron chi connectivity index (χ1n) is 4.06. The zero-order valence-electron chi connectivity index (χ0n) is 7.76. The Morgan fingerprint density at radius 1 is 1.25 bits per heavy atom. The highest BCUT2D eigenvalue weighted by Crippen LogP contribution is 2.26. The fourth-order valence-electron chi connectivity index (χ4n) is 1.13. The van der Waals surface area contributed by atoms with Crippen LogP contribution in [-0.2, 0) is 0 Å². The highest BCUT2D eigenvalue weighted by Gasteiger charge is 2.03. The summed E-state index contributed by atoms with van der Waals surface area (Å²) < 4.78 is 10.6. The molecule has 0 heterocycles. The average molecular weight is 166 g/mol. The van der Waals surface area contributed by atoms with Crippen molar-refractivity contribution in [2.45, 2.75) is 13.8 Å². The van der Waals surface area contributed by atoms with E-state index in [0.29, 0.717) is 6.61 Å². The highest BCUT2D eigenvalue weighted by atomic mass is 16.5. The summed E-state index contributed by atoms with van der Waals surface area (Å²) in [6.45, 7) is 4.65. The molecule has 66 valence electrons. The van der Waals surface area contributed by atoms with Gasteiger partial charge >= 0.3 is 0 Å². The van der Waals surface area contributed by atoms with Crippen molar-refractivity contribution in [2.24, 2.45) is 0 Å². The molecule has 0 amide bonds. The topological polar surface area (TPSA) is 18.5 Å². The Hall–Kier alpha value is -1.18. The van der Waals surface area contributed by atoms with E-state index in [9.17, 15) is 0 Å². The second kappa shape index (κ2) is 4.00. The molecule has 2 nitrogen and oxygen atoms in total. The summed E-state index contributed by atoms with van der Waals surface area (Å²) in [5.41, 5.74) is 1.06. The van der Waals surface area contributed by atoms with Crippen molar-refractivity contribution in [3.05, 3.63) is 23.8 Å². The molecule has 1 rings (SSSR count). The zero-order chi connectivity index (χ0) is 8.97. The van der Waals surface area contributed by atoms with Crippen molar-refractivity contribution in [3.63, 3.8) is 0 Å². The third kappa shape index (κ3) is 1.70. The van der Waals surface area contributed by atoms with Gasteiger partial charge in [-0.3, -0.25) is 0 Å². The van der Waals surface area contributed by atoms with E-state index >= 15 is 0 Å².